The number of hydrogen-bond donors (Lipinski definition) is 1. The molecule has 1 saturated carbocycles. The Morgan fingerprint density at radius 2 is 2.28 bits per heavy atom. The average molecular weight is 245 g/mol. The average Bonchev–Trinajstić information content (AvgIpc) is 3.23. The Morgan fingerprint density at radius 3 is 2.89 bits per heavy atom. The van der Waals surface area contributed by atoms with E-state index in [0.717, 1.165) is 19.6 Å². The maximum atomic E-state index is 12.3. The maximum absolute atomic E-state index is 12.3. The maximum Gasteiger partial charge on any atom is 0.272 e. The summed E-state index contributed by atoms with van der Waals surface area (Å²) in [4.78, 5) is 18.6. The van der Waals surface area contributed by atoms with E-state index in [0.29, 0.717) is 11.6 Å². The summed E-state index contributed by atoms with van der Waals surface area (Å²) in [7, 11) is 0. The number of piperazine rings is 1. The van der Waals surface area contributed by atoms with Gasteiger partial charge in [0.25, 0.3) is 5.91 Å². The second kappa shape index (κ2) is 4.69. The van der Waals surface area contributed by atoms with Crippen LogP contribution in [0.2, 0.25) is 0 Å². The van der Waals surface area contributed by atoms with Crippen LogP contribution in [-0.4, -0.2) is 41.5 Å². The number of nitrogens with one attached hydrogen (secondary N) is 1. The molecule has 96 valence electrons. The molecule has 2 fully saturated rings. The van der Waals surface area contributed by atoms with Gasteiger partial charge in [-0.2, -0.15) is 0 Å². The number of aromatic nitrogens is 1. The number of pyridine rings is 1. The van der Waals surface area contributed by atoms with Crippen LogP contribution in [0.5, 0.6) is 0 Å². The number of rotatable bonds is 2. The van der Waals surface area contributed by atoms with Gasteiger partial charge in [-0.15, -0.1) is 0 Å². The van der Waals surface area contributed by atoms with E-state index in [1.54, 1.807) is 0 Å². The van der Waals surface area contributed by atoms with Crippen molar-refractivity contribution in [1.29, 1.82) is 0 Å². The van der Waals surface area contributed by atoms with Gasteiger partial charge in [-0.05, 0) is 37.3 Å². The van der Waals surface area contributed by atoms with Gasteiger partial charge < -0.3 is 10.2 Å². The Balaban J connectivity index is 1.74. The van der Waals surface area contributed by atoms with Crippen molar-refractivity contribution in [2.45, 2.75) is 31.7 Å². The molecule has 0 unspecified atom stereocenters. The molecule has 4 heteroatoms. The third-order valence-corrected chi connectivity index (χ3v) is 3.82. The SMILES string of the molecule is C[C@H]1CNCCN1C(=O)c1ccc(C2CC2)cn1. The monoisotopic (exact) mass is 245 g/mol. The molecule has 1 N–H and O–H groups in total. The molecule has 1 aliphatic carbocycles. The van der Waals surface area contributed by atoms with Crippen molar-refractivity contribution >= 4 is 5.91 Å². The van der Waals surface area contributed by atoms with Crippen molar-refractivity contribution in [3.05, 3.63) is 29.6 Å². The van der Waals surface area contributed by atoms with Gasteiger partial charge in [0.1, 0.15) is 5.69 Å². The molecule has 0 aromatic carbocycles. The highest BCUT2D eigenvalue weighted by molar-refractivity contribution is 5.92. The fraction of sp³-hybridized carbons (Fsp3) is 0.571. The van der Waals surface area contributed by atoms with Crippen LogP contribution < -0.4 is 5.32 Å². The Labute approximate surface area is 107 Å². The van der Waals surface area contributed by atoms with Crippen molar-refractivity contribution in [2.75, 3.05) is 19.6 Å². The first-order valence-corrected chi connectivity index (χ1v) is 6.73. The number of amides is 1. The lowest BCUT2D eigenvalue weighted by molar-refractivity contribution is 0.0649. The summed E-state index contributed by atoms with van der Waals surface area (Å²) < 4.78 is 0. The summed E-state index contributed by atoms with van der Waals surface area (Å²) in [6.07, 6.45) is 4.41. The minimum absolute atomic E-state index is 0.0614. The van der Waals surface area contributed by atoms with Crippen LogP contribution in [0.3, 0.4) is 0 Å². The normalized spacial score (nSPS) is 24.1. The minimum atomic E-state index is 0.0614. The Kier molecular flexibility index (Phi) is 3.04. The predicted molar refractivity (Wildman–Crippen MR) is 69.6 cm³/mol. The first kappa shape index (κ1) is 11.7. The lowest BCUT2D eigenvalue weighted by Crippen LogP contribution is -2.52. The van der Waals surface area contributed by atoms with Crippen LogP contribution in [0, 0.1) is 0 Å². The van der Waals surface area contributed by atoms with Crippen LogP contribution in [-0.2, 0) is 0 Å². The van der Waals surface area contributed by atoms with E-state index in [-0.39, 0.29) is 11.9 Å². The molecule has 1 amide bonds. The van der Waals surface area contributed by atoms with Gasteiger partial charge in [-0.25, -0.2) is 0 Å². The largest absolute Gasteiger partial charge is 0.332 e. The number of carbonyl (C=O) groups is 1. The van der Waals surface area contributed by atoms with Crippen molar-refractivity contribution in [3.63, 3.8) is 0 Å². The summed E-state index contributed by atoms with van der Waals surface area (Å²) in [6, 6.07) is 4.19. The van der Waals surface area contributed by atoms with Crippen molar-refractivity contribution < 1.29 is 4.79 Å². The van der Waals surface area contributed by atoms with E-state index in [1.807, 2.05) is 17.2 Å². The lowest BCUT2D eigenvalue weighted by atomic mass is 10.1. The highest BCUT2D eigenvalue weighted by atomic mass is 16.2. The van der Waals surface area contributed by atoms with Crippen molar-refractivity contribution in [1.82, 2.24) is 15.2 Å². The van der Waals surface area contributed by atoms with Crippen LogP contribution in [0.1, 0.15) is 41.7 Å². The zero-order valence-corrected chi connectivity index (χ0v) is 10.7. The van der Waals surface area contributed by atoms with Crippen LogP contribution in [0.4, 0.5) is 0 Å². The summed E-state index contributed by atoms with van der Waals surface area (Å²) in [5.41, 5.74) is 1.85. The van der Waals surface area contributed by atoms with Crippen molar-refractivity contribution in [2.24, 2.45) is 0 Å². The molecule has 3 rings (SSSR count). The zero-order chi connectivity index (χ0) is 12.5. The Bertz CT molecular complexity index is 439. The quantitative estimate of drug-likeness (QED) is 0.856. The standard InChI is InChI=1S/C14H19N3O/c1-10-8-15-6-7-17(10)14(18)13-5-4-12(9-16-13)11-2-3-11/h4-5,9-11,15H,2-3,6-8H2,1H3/t10-/m0/s1. The fourth-order valence-corrected chi connectivity index (χ4v) is 2.48. The molecule has 1 aliphatic heterocycles. The van der Waals surface area contributed by atoms with E-state index < -0.39 is 0 Å². The van der Waals surface area contributed by atoms with E-state index >= 15 is 0 Å². The minimum Gasteiger partial charge on any atom is -0.332 e. The second-order valence-electron chi connectivity index (χ2n) is 5.30. The first-order chi connectivity index (χ1) is 8.75. The molecule has 18 heavy (non-hydrogen) atoms. The third kappa shape index (κ3) is 2.25. The highest BCUT2D eigenvalue weighted by Crippen LogP contribution is 2.39. The van der Waals surface area contributed by atoms with E-state index in [1.165, 1.54) is 18.4 Å². The molecule has 1 aromatic heterocycles. The zero-order valence-electron chi connectivity index (χ0n) is 10.7. The molecular weight excluding hydrogens is 226 g/mol. The number of hydrogen-bond acceptors (Lipinski definition) is 3. The Hall–Kier alpha value is -1.42. The van der Waals surface area contributed by atoms with Gasteiger partial charge in [0.15, 0.2) is 0 Å². The molecule has 1 saturated heterocycles. The van der Waals surface area contributed by atoms with E-state index in [2.05, 4.69) is 23.3 Å². The van der Waals surface area contributed by atoms with Crippen LogP contribution in [0.25, 0.3) is 0 Å². The number of nitrogens with zero attached hydrogens (tertiary/aromatic N) is 2. The van der Waals surface area contributed by atoms with Gasteiger partial charge in [-0.1, -0.05) is 6.07 Å². The molecule has 1 atom stereocenters. The summed E-state index contributed by atoms with van der Waals surface area (Å²) in [5.74, 6) is 0.756. The number of carbonyl (C=O) groups excluding carboxylic acids is 1. The second-order valence-corrected chi connectivity index (χ2v) is 5.30. The molecule has 0 radical (unpaired) electrons. The molecule has 2 aliphatic rings. The van der Waals surface area contributed by atoms with E-state index in [9.17, 15) is 4.79 Å². The van der Waals surface area contributed by atoms with Crippen LogP contribution in [0.15, 0.2) is 18.3 Å². The lowest BCUT2D eigenvalue weighted by Gasteiger charge is -2.33. The van der Waals surface area contributed by atoms with Gasteiger partial charge in [0.2, 0.25) is 0 Å². The van der Waals surface area contributed by atoms with Crippen molar-refractivity contribution in [3.8, 4) is 0 Å². The smallest absolute Gasteiger partial charge is 0.272 e. The van der Waals surface area contributed by atoms with E-state index in [4.69, 9.17) is 0 Å². The summed E-state index contributed by atoms with van der Waals surface area (Å²) in [5, 5.41) is 3.29. The van der Waals surface area contributed by atoms with Gasteiger partial charge >= 0.3 is 0 Å². The third-order valence-electron chi connectivity index (χ3n) is 3.82. The van der Waals surface area contributed by atoms with Gasteiger partial charge in [0, 0.05) is 31.9 Å². The predicted octanol–water partition coefficient (Wildman–Crippen LogP) is 1.39. The first-order valence-electron chi connectivity index (χ1n) is 6.73. The molecule has 4 nitrogen and oxygen atoms in total. The van der Waals surface area contributed by atoms with Crippen LogP contribution >= 0.6 is 0 Å². The molecule has 0 bridgehead atoms. The summed E-state index contributed by atoms with van der Waals surface area (Å²) in [6.45, 7) is 4.58. The summed E-state index contributed by atoms with van der Waals surface area (Å²) >= 11 is 0. The van der Waals surface area contributed by atoms with Gasteiger partial charge in [-0.3, -0.25) is 9.78 Å². The fourth-order valence-electron chi connectivity index (χ4n) is 2.48. The molecule has 0 spiro atoms. The van der Waals surface area contributed by atoms with Gasteiger partial charge in [0.05, 0.1) is 0 Å². The topological polar surface area (TPSA) is 45.2 Å². The molecule has 2 heterocycles. The highest BCUT2D eigenvalue weighted by Gasteiger charge is 2.26. The molecule has 1 aromatic rings. The molecular formula is C14H19N3O. The Morgan fingerprint density at radius 1 is 1.44 bits per heavy atom.